The van der Waals surface area contributed by atoms with Crippen LogP contribution in [0.3, 0.4) is 0 Å². The molecule has 16 heavy (non-hydrogen) atoms. The lowest BCUT2D eigenvalue weighted by atomic mass is 10.1. The molecule has 4 nitrogen and oxygen atoms in total. The molecule has 0 atom stereocenters. The van der Waals surface area contributed by atoms with Crippen molar-refractivity contribution in [2.45, 2.75) is 18.2 Å². The molecule has 0 radical (unpaired) electrons. The van der Waals surface area contributed by atoms with E-state index in [1.807, 2.05) is 6.92 Å². The smallest absolute Gasteiger partial charge is 0.335 e. The average molecular weight is 240 g/mol. The van der Waals surface area contributed by atoms with Gasteiger partial charge in [-0.2, -0.15) is 0 Å². The third-order valence-electron chi connectivity index (χ3n) is 1.96. The van der Waals surface area contributed by atoms with Gasteiger partial charge in [0.15, 0.2) is 0 Å². The van der Waals surface area contributed by atoms with Gasteiger partial charge in [0.25, 0.3) is 0 Å². The maximum atomic E-state index is 10.8. The second-order valence-electron chi connectivity index (χ2n) is 3.13. The molecule has 1 rings (SSSR count). The van der Waals surface area contributed by atoms with E-state index in [0.717, 1.165) is 10.6 Å². The molecule has 0 fully saturated rings. The number of hydrogen-bond donors (Lipinski definition) is 2. The monoisotopic (exact) mass is 240 g/mol. The van der Waals surface area contributed by atoms with Crippen LogP contribution in [-0.2, 0) is 11.2 Å². The van der Waals surface area contributed by atoms with Gasteiger partial charge in [0.05, 0.1) is 12.0 Å². The molecule has 0 spiro atoms. The summed E-state index contributed by atoms with van der Waals surface area (Å²) in [5, 5.41) is 17.5. The minimum absolute atomic E-state index is 0.0811. The van der Waals surface area contributed by atoms with E-state index in [1.165, 1.54) is 23.9 Å². The average Bonchev–Trinajstić information content (AvgIpc) is 2.20. The maximum Gasteiger partial charge on any atom is 0.335 e. The van der Waals surface area contributed by atoms with Crippen molar-refractivity contribution in [2.24, 2.45) is 0 Å². The molecular formula is C11H12O4S. The Morgan fingerprint density at radius 3 is 2.50 bits per heavy atom. The molecule has 86 valence electrons. The van der Waals surface area contributed by atoms with Gasteiger partial charge in [0.2, 0.25) is 0 Å². The number of carboxylic acids is 2. The molecule has 0 unspecified atom stereocenters. The van der Waals surface area contributed by atoms with E-state index in [-0.39, 0.29) is 12.0 Å². The van der Waals surface area contributed by atoms with E-state index in [0.29, 0.717) is 5.56 Å². The third-order valence-corrected chi connectivity index (χ3v) is 2.94. The first-order valence-corrected chi connectivity index (χ1v) is 5.74. The van der Waals surface area contributed by atoms with Gasteiger partial charge >= 0.3 is 11.9 Å². The van der Waals surface area contributed by atoms with E-state index in [2.05, 4.69) is 0 Å². The topological polar surface area (TPSA) is 74.6 Å². The normalized spacial score (nSPS) is 10.1. The van der Waals surface area contributed by atoms with Crippen molar-refractivity contribution in [2.75, 3.05) is 5.75 Å². The third kappa shape index (κ3) is 3.27. The second kappa shape index (κ2) is 5.55. The first-order chi connectivity index (χ1) is 7.54. The SMILES string of the molecule is CCSc1cc(C(=O)O)ccc1CC(=O)O. The van der Waals surface area contributed by atoms with Crippen LogP contribution in [0.25, 0.3) is 0 Å². The standard InChI is InChI=1S/C11H12O4S/c1-2-16-9-5-8(11(14)15)4-3-7(9)6-10(12)13/h3-5H,2,6H2,1H3,(H,12,13)(H,14,15). The molecule has 0 aromatic heterocycles. The zero-order chi connectivity index (χ0) is 12.1. The van der Waals surface area contributed by atoms with Crippen molar-refractivity contribution in [3.63, 3.8) is 0 Å². The van der Waals surface area contributed by atoms with E-state index in [9.17, 15) is 9.59 Å². The van der Waals surface area contributed by atoms with Crippen LogP contribution < -0.4 is 0 Å². The number of carbonyl (C=O) groups is 2. The van der Waals surface area contributed by atoms with Crippen molar-refractivity contribution in [3.8, 4) is 0 Å². The quantitative estimate of drug-likeness (QED) is 0.771. The first-order valence-electron chi connectivity index (χ1n) is 4.75. The summed E-state index contributed by atoms with van der Waals surface area (Å²) in [5.74, 6) is -1.14. The van der Waals surface area contributed by atoms with Crippen LogP contribution in [0.4, 0.5) is 0 Å². The highest BCUT2D eigenvalue weighted by Gasteiger charge is 2.10. The number of rotatable bonds is 5. The van der Waals surface area contributed by atoms with Crippen LogP contribution in [0.2, 0.25) is 0 Å². The number of thioether (sulfide) groups is 1. The Labute approximate surface area is 97.3 Å². The van der Waals surface area contributed by atoms with Gasteiger partial charge in [-0.05, 0) is 23.4 Å². The Morgan fingerprint density at radius 1 is 1.31 bits per heavy atom. The fourth-order valence-corrected chi connectivity index (χ4v) is 2.13. The van der Waals surface area contributed by atoms with E-state index in [1.54, 1.807) is 6.07 Å². The Morgan fingerprint density at radius 2 is 2.00 bits per heavy atom. The molecule has 1 aromatic rings. The maximum absolute atomic E-state index is 10.8. The molecule has 0 heterocycles. The number of benzene rings is 1. The highest BCUT2D eigenvalue weighted by molar-refractivity contribution is 7.99. The zero-order valence-electron chi connectivity index (χ0n) is 8.77. The van der Waals surface area contributed by atoms with Crippen molar-refractivity contribution in [3.05, 3.63) is 29.3 Å². The van der Waals surface area contributed by atoms with Crippen molar-refractivity contribution in [1.29, 1.82) is 0 Å². The summed E-state index contributed by atoms with van der Waals surface area (Å²) >= 11 is 1.45. The molecule has 5 heteroatoms. The lowest BCUT2D eigenvalue weighted by molar-refractivity contribution is -0.136. The van der Waals surface area contributed by atoms with Crippen molar-refractivity contribution < 1.29 is 19.8 Å². The number of aromatic carboxylic acids is 1. The first kappa shape index (κ1) is 12.6. The molecule has 0 saturated carbocycles. The van der Waals surface area contributed by atoms with Crippen LogP contribution in [0.1, 0.15) is 22.8 Å². The van der Waals surface area contributed by atoms with E-state index < -0.39 is 11.9 Å². The molecule has 0 amide bonds. The molecule has 0 aliphatic rings. The van der Waals surface area contributed by atoms with Gasteiger partial charge in [-0.1, -0.05) is 13.0 Å². The predicted octanol–water partition coefficient (Wildman–Crippen LogP) is 2.12. The Balaban J connectivity index is 3.08. The largest absolute Gasteiger partial charge is 0.481 e. The van der Waals surface area contributed by atoms with Crippen LogP contribution in [0.5, 0.6) is 0 Å². The zero-order valence-corrected chi connectivity index (χ0v) is 9.58. The van der Waals surface area contributed by atoms with E-state index >= 15 is 0 Å². The summed E-state index contributed by atoms with van der Waals surface area (Å²) in [7, 11) is 0. The molecule has 0 bridgehead atoms. The summed E-state index contributed by atoms with van der Waals surface area (Å²) < 4.78 is 0. The molecule has 2 N–H and O–H groups in total. The summed E-state index contributed by atoms with van der Waals surface area (Å²) in [5.41, 5.74) is 0.842. The van der Waals surface area contributed by atoms with Crippen LogP contribution in [0, 0.1) is 0 Å². The Hall–Kier alpha value is -1.49. The summed E-state index contributed by atoms with van der Waals surface area (Å²) in [6.07, 6.45) is -0.0811. The lowest BCUT2D eigenvalue weighted by Gasteiger charge is -2.07. The number of carboxylic acid groups (broad SMARTS) is 2. The molecule has 0 aliphatic carbocycles. The van der Waals surface area contributed by atoms with E-state index in [4.69, 9.17) is 10.2 Å². The molecule has 1 aromatic carbocycles. The van der Waals surface area contributed by atoms with Gasteiger partial charge in [-0.25, -0.2) is 4.79 Å². The summed E-state index contributed by atoms with van der Waals surface area (Å²) in [4.78, 5) is 22.1. The van der Waals surface area contributed by atoms with Crippen molar-refractivity contribution in [1.82, 2.24) is 0 Å². The van der Waals surface area contributed by atoms with Gasteiger partial charge in [-0.3, -0.25) is 4.79 Å². The lowest BCUT2D eigenvalue weighted by Crippen LogP contribution is -2.04. The van der Waals surface area contributed by atoms with Gasteiger partial charge in [0.1, 0.15) is 0 Å². The van der Waals surface area contributed by atoms with Gasteiger partial charge < -0.3 is 10.2 Å². The minimum atomic E-state index is -1.00. The fourth-order valence-electron chi connectivity index (χ4n) is 1.29. The van der Waals surface area contributed by atoms with Gasteiger partial charge in [-0.15, -0.1) is 11.8 Å². The highest BCUT2D eigenvalue weighted by atomic mass is 32.2. The number of hydrogen-bond acceptors (Lipinski definition) is 3. The van der Waals surface area contributed by atoms with Gasteiger partial charge in [0, 0.05) is 4.90 Å². The predicted molar refractivity (Wildman–Crippen MR) is 61.1 cm³/mol. The Bertz CT molecular complexity index is 414. The second-order valence-corrected chi connectivity index (χ2v) is 4.44. The fraction of sp³-hybridized carbons (Fsp3) is 0.273. The highest BCUT2D eigenvalue weighted by Crippen LogP contribution is 2.24. The molecular weight excluding hydrogens is 228 g/mol. The minimum Gasteiger partial charge on any atom is -0.481 e. The van der Waals surface area contributed by atoms with Crippen LogP contribution >= 0.6 is 11.8 Å². The van der Waals surface area contributed by atoms with Crippen LogP contribution in [0.15, 0.2) is 23.1 Å². The molecule has 0 aliphatic heterocycles. The Kier molecular flexibility index (Phi) is 4.37. The van der Waals surface area contributed by atoms with Crippen LogP contribution in [-0.4, -0.2) is 27.9 Å². The molecule has 0 saturated heterocycles. The van der Waals surface area contributed by atoms with Crippen molar-refractivity contribution >= 4 is 23.7 Å². The summed E-state index contributed by atoms with van der Waals surface area (Å²) in [6, 6.07) is 4.52. The summed E-state index contributed by atoms with van der Waals surface area (Å²) in [6.45, 7) is 1.93. The number of aliphatic carboxylic acids is 1.